The van der Waals surface area contributed by atoms with Crippen LogP contribution >= 0.6 is 11.6 Å². The Bertz CT molecular complexity index is 738. The van der Waals surface area contributed by atoms with Gasteiger partial charge < -0.3 is 14.6 Å². The van der Waals surface area contributed by atoms with Crippen LogP contribution in [0.3, 0.4) is 0 Å². The number of ether oxygens (including phenoxy) is 1. The zero-order valence-electron chi connectivity index (χ0n) is 14.7. The largest absolute Gasteiger partial charge is 0.496 e. The van der Waals surface area contributed by atoms with Gasteiger partial charge in [-0.3, -0.25) is 9.69 Å². The molecule has 1 unspecified atom stereocenters. The molecule has 134 valence electrons. The predicted octanol–water partition coefficient (Wildman–Crippen LogP) is 3.25. The van der Waals surface area contributed by atoms with Gasteiger partial charge in [-0.15, -0.1) is 0 Å². The molecule has 5 nitrogen and oxygen atoms in total. The van der Waals surface area contributed by atoms with Crippen molar-refractivity contribution in [3.63, 3.8) is 0 Å². The van der Waals surface area contributed by atoms with Crippen LogP contribution in [0.4, 0.5) is 0 Å². The number of aryl methyl sites for hydroxylation is 1. The third-order valence-corrected chi connectivity index (χ3v) is 5.00. The van der Waals surface area contributed by atoms with Gasteiger partial charge in [0.15, 0.2) is 0 Å². The number of halogens is 1. The summed E-state index contributed by atoms with van der Waals surface area (Å²) in [5.74, 6) is 0.358. The van der Waals surface area contributed by atoms with Crippen molar-refractivity contribution in [1.82, 2.24) is 14.8 Å². The summed E-state index contributed by atoms with van der Waals surface area (Å²) in [5, 5.41) is 3.58. The number of likely N-dealkylation sites (tertiary alicyclic amines) is 1. The van der Waals surface area contributed by atoms with Gasteiger partial charge in [0.05, 0.1) is 18.7 Å². The van der Waals surface area contributed by atoms with Crippen LogP contribution in [0.5, 0.6) is 5.75 Å². The maximum Gasteiger partial charge on any atom is 0.255 e. The van der Waals surface area contributed by atoms with Crippen molar-refractivity contribution in [3.05, 3.63) is 52.8 Å². The van der Waals surface area contributed by atoms with Gasteiger partial charge in [0.1, 0.15) is 5.75 Å². The van der Waals surface area contributed by atoms with E-state index in [9.17, 15) is 4.79 Å². The van der Waals surface area contributed by atoms with Crippen molar-refractivity contribution in [2.75, 3.05) is 26.7 Å². The van der Waals surface area contributed by atoms with E-state index in [-0.39, 0.29) is 11.9 Å². The van der Waals surface area contributed by atoms with Crippen molar-refractivity contribution in [1.29, 1.82) is 0 Å². The van der Waals surface area contributed by atoms with Crippen LogP contribution in [0.1, 0.15) is 34.9 Å². The van der Waals surface area contributed by atoms with Crippen LogP contribution in [0.25, 0.3) is 0 Å². The third-order valence-electron chi connectivity index (χ3n) is 4.77. The standard InChI is InChI=1S/C19H24ClN3O2/c1-22-9-5-6-16(22)17(23-10-3-4-11-23)13-21-19(24)15-12-14(20)7-8-18(15)25-2/h5-9,12,17H,3-4,10-11,13H2,1-2H3,(H,21,24). The molecule has 3 rings (SSSR count). The van der Waals surface area contributed by atoms with E-state index in [0.717, 1.165) is 13.1 Å². The van der Waals surface area contributed by atoms with E-state index in [4.69, 9.17) is 16.3 Å². The van der Waals surface area contributed by atoms with E-state index in [1.807, 2.05) is 19.3 Å². The maximum atomic E-state index is 12.7. The monoisotopic (exact) mass is 361 g/mol. The number of rotatable bonds is 6. The van der Waals surface area contributed by atoms with Crippen LogP contribution in [0.15, 0.2) is 36.5 Å². The molecule has 1 amide bonds. The number of carbonyl (C=O) groups excluding carboxylic acids is 1. The van der Waals surface area contributed by atoms with E-state index >= 15 is 0 Å². The average molecular weight is 362 g/mol. The molecule has 1 aromatic heterocycles. The summed E-state index contributed by atoms with van der Waals surface area (Å²) in [6.07, 6.45) is 4.45. The fourth-order valence-electron chi connectivity index (χ4n) is 3.44. The zero-order valence-corrected chi connectivity index (χ0v) is 15.4. The number of carbonyl (C=O) groups is 1. The number of hydrogen-bond acceptors (Lipinski definition) is 3. The van der Waals surface area contributed by atoms with Gasteiger partial charge in [-0.2, -0.15) is 0 Å². The lowest BCUT2D eigenvalue weighted by Gasteiger charge is -2.28. The molecular weight excluding hydrogens is 338 g/mol. The molecule has 1 N–H and O–H groups in total. The van der Waals surface area contributed by atoms with Crippen molar-refractivity contribution in [2.24, 2.45) is 7.05 Å². The average Bonchev–Trinajstić information content (AvgIpc) is 3.27. The Kier molecular flexibility index (Phi) is 5.66. The lowest BCUT2D eigenvalue weighted by molar-refractivity contribution is 0.0933. The summed E-state index contributed by atoms with van der Waals surface area (Å²) in [5.41, 5.74) is 1.67. The second-order valence-electron chi connectivity index (χ2n) is 6.36. The highest BCUT2D eigenvalue weighted by Gasteiger charge is 2.26. The molecule has 1 atom stereocenters. The fraction of sp³-hybridized carbons (Fsp3) is 0.421. The van der Waals surface area contributed by atoms with E-state index in [2.05, 4.69) is 20.9 Å². The van der Waals surface area contributed by atoms with Crippen LogP contribution < -0.4 is 10.1 Å². The molecule has 1 fully saturated rings. The van der Waals surface area contributed by atoms with E-state index in [1.165, 1.54) is 18.5 Å². The minimum absolute atomic E-state index is 0.164. The first-order valence-electron chi connectivity index (χ1n) is 8.57. The molecule has 1 aromatic carbocycles. The lowest BCUT2D eigenvalue weighted by Crippen LogP contribution is -2.37. The molecule has 1 aliphatic heterocycles. The molecule has 0 aliphatic carbocycles. The number of aromatic nitrogens is 1. The first-order chi connectivity index (χ1) is 12.1. The fourth-order valence-corrected chi connectivity index (χ4v) is 3.61. The van der Waals surface area contributed by atoms with Gasteiger partial charge in [0, 0.05) is 30.5 Å². The molecule has 0 radical (unpaired) electrons. The van der Waals surface area contributed by atoms with Crippen LogP contribution in [0.2, 0.25) is 5.02 Å². The van der Waals surface area contributed by atoms with Crippen LogP contribution in [-0.4, -0.2) is 42.1 Å². The van der Waals surface area contributed by atoms with Crippen molar-refractivity contribution < 1.29 is 9.53 Å². The Morgan fingerprint density at radius 2 is 2.08 bits per heavy atom. The molecule has 6 heteroatoms. The topological polar surface area (TPSA) is 46.5 Å². The lowest BCUT2D eigenvalue weighted by atomic mass is 10.1. The zero-order chi connectivity index (χ0) is 17.8. The maximum absolute atomic E-state index is 12.7. The van der Waals surface area contributed by atoms with Crippen molar-refractivity contribution >= 4 is 17.5 Å². The molecule has 2 heterocycles. The smallest absolute Gasteiger partial charge is 0.255 e. The second-order valence-corrected chi connectivity index (χ2v) is 6.79. The molecule has 1 saturated heterocycles. The summed E-state index contributed by atoms with van der Waals surface area (Å²) in [7, 11) is 3.59. The van der Waals surface area contributed by atoms with Crippen molar-refractivity contribution in [3.8, 4) is 5.75 Å². The molecular formula is C19H24ClN3O2. The normalized spacial score (nSPS) is 16.0. The van der Waals surface area contributed by atoms with Crippen LogP contribution in [0, 0.1) is 0 Å². The summed E-state index contributed by atoms with van der Waals surface area (Å²) in [4.78, 5) is 15.1. The van der Waals surface area contributed by atoms with Gasteiger partial charge in [-0.05, 0) is 56.3 Å². The highest BCUT2D eigenvalue weighted by atomic mass is 35.5. The number of hydrogen-bond donors (Lipinski definition) is 1. The number of methoxy groups -OCH3 is 1. The summed E-state index contributed by atoms with van der Waals surface area (Å²) < 4.78 is 7.41. The molecule has 2 aromatic rings. The highest BCUT2D eigenvalue weighted by Crippen LogP contribution is 2.26. The van der Waals surface area contributed by atoms with Gasteiger partial charge in [0.25, 0.3) is 5.91 Å². The number of nitrogens with one attached hydrogen (secondary N) is 1. The quantitative estimate of drug-likeness (QED) is 0.859. The van der Waals surface area contributed by atoms with Gasteiger partial charge in [-0.25, -0.2) is 0 Å². The molecule has 0 spiro atoms. The number of nitrogens with zero attached hydrogens (tertiary/aromatic N) is 2. The minimum atomic E-state index is -0.169. The first-order valence-corrected chi connectivity index (χ1v) is 8.95. The van der Waals surface area contributed by atoms with E-state index < -0.39 is 0 Å². The van der Waals surface area contributed by atoms with Gasteiger partial charge in [0.2, 0.25) is 0 Å². The van der Waals surface area contributed by atoms with Gasteiger partial charge >= 0.3 is 0 Å². The summed E-state index contributed by atoms with van der Waals surface area (Å²) in [6, 6.07) is 9.40. The van der Waals surface area contributed by atoms with Gasteiger partial charge in [-0.1, -0.05) is 11.6 Å². The predicted molar refractivity (Wildman–Crippen MR) is 99.3 cm³/mol. The Morgan fingerprint density at radius 3 is 2.72 bits per heavy atom. The van der Waals surface area contributed by atoms with E-state index in [1.54, 1.807) is 25.3 Å². The minimum Gasteiger partial charge on any atom is -0.496 e. The summed E-state index contributed by atoms with van der Waals surface area (Å²) in [6.45, 7) is 2.67. The van der Waals surface area contributed by atoms with Crippen LogP contribution in [-0.2, 0) is 7.05 Å². The van der Waals surface area contributed by atoms with Crippen molar-refractivity contribution in [2.45, 2.75) is 18.9 Å². The summed E-state index contributed by atoms with van der Waals surface area (Å²) >= 11 is 6.04. The highest BCUT2D eigenvalue weighted by molar-refractivity contribution is 6.31. The SMILES string of the molecule is COc1ccc(Cl)cc1C(=O)NCC(c1cccn1C)N1CCCC1. The number of benzene rings is 1. The number of amides is 1. The molecule has 25 heavy (non-hydrogen) atoms. The Morgan fingerprint density at radius 1 is 1.32 bits per heavy atom. The Balaban J connectivity index is 1.76. The third kappa shape index (κ3) is 3.99. The molecule has 0 saturated carbocycles. The molecule has 1 aliphatic rings. The second kappa shape index (κ2) is 7.93. The Labute approximate surface area is 153 Å². The molecule has 0 bridgehead atoms. The first kappa shape index (κ1) is 17.8. The van der Waals surface area contributed by atoms with E-state index in [0.29, 0.717) is 22.9 Å². The Hall–Kier alpha value is -1.98.